The van der Waals surface area contributed by atoms with E-state index in [9.17, 15) is 23.1 Å². The molecule has 37 heavy (non-hydrogen) atoms. The first-order valence-corrected chi connectivity index (χ1v) is 13.3. The molecule has 1 amide bonds. The van der Waals surface area contributed by atoms with Gasteiger partial charge in [0, 0.05) is 38.9 Å². The topological polar surface area (TPSA) is 123 Å². The molecule has 198 valence electrons. The van der Waals surface area contributed by atoms with E-state index in [0.29, 0.717) is 37.6 Å². The summed E-state index contributed by atoms with van der Waals surface area (Å²) in [6.45, 7) is 1.81. The Morgan fingerprint density at radius 3 is 2.43 bits per heavy atom. The average Bonchev–Trinajstić information content (AvgIpc) is 3.18. The SMILES string of the molecule is COCCCN1C(=O)C(=O)/C(=C(\O)c2ccc(S(=O)(=O)N3CCOCC3)cc2)C1c1cccc(OC)c1. The van der Waals surface area contributed by atoms with Crippen molar-refractivity contribution in [2.24, 2.45) is 0 Å². The van der Waals surface area contributed by atoms with E-state index in [4.69, 9.17) is 14.2 Å². The number of rotatable bonds is 9. The van der Waals surface area contributed by atoms with E-state index in [-0.39, 0.29) is 41.4 Å². The smallest absolute Gasteiger partial charge is 0.295 e. The molecule has 10 nitrogen and oxygen atoms in total. The van der Waals surface area contributed by atoms with Crippen molar-refractivity contribution in [3.8, 4) is 5.75 Å². The molecule has 2 aromatic carbocycles. The molecular formula is C26H30N2O8S. The monoisotopic (exact) mass is 530 g/mol. The summed E-state index contributed by atoms with van der Waals surface area (Å²) in [5.41, 5.74) is 0.757. The number of Topliss-reactive ketones (excluding diaryl/α,β-unsaturated/α-hetero) is 1. The number of likely N-dealkylation sites (tertiary alicyclic amines) is 1. The summed E-state index contributed by atoms with van der Waals surface area (Å²) in [6.07, 6.45) is 0.498. The number of amides is 1. The molecule has 2 aromatic rings. The third-order valence-corrected chi connectivity index (χ3v) is 8.35. The first-order chi connectivity index (χ1) is 17.8. The number of ketones is 1. The number of methoxy groups -OCH3 is 2. The summed E-state index contributed by atoms with van der Waals surface area (Å²) in [5, 5.41) is 11.2. The lowest BCUT2D eigenvalue weighted by atomic mass is 9.95. The van der Waals surface area contributed by atoms with Crippen LogP contribution in [0.2, 0.25) is 0 Å². The summed E-state index contributed by atoms with van der Waals surface area (Å²) < 4.78 is 42.9. The van der Waals surface area contributed by atoms with Crippen LogP contribution in [0.3, 0.4) is 0 Å². The van der Waals surface area contributed by atoms with Crippen LogP contribution < -0.4 is 4.74 Å². The van der Waals surface area contributed by atoms with Gasteiger partial charge in [-0.1, -0.05) is 12.1 Å². The zero-order valence-corrected chi connectivity index (χ0v) is 21.6. The molecule has 2 heterocycles. The van der Waals surface area contributed by atoms with Gasteiger partial charge in [0.2, 0.25) is 10.0 Å². The van der Waals surface area contributed by atoms with Crippen molar-refractivity contribution >= 4 is 27.5 Å². The number of hydrogen-bond acceptors (Lipinski definition) is 8. The highest BCUT2D eigenvalue weighted by Crippen LogP contribution is 2.40. The number of aliphatic hydroxyl groups excluding tert-OH is 1. The van der Waals surface area contributed by atoms with Crippen molar-refractivity contribution < 1.29 is 37.3 Å². The maximum absolute atomic E-state index is 13.1. The van der Waals surface area contributed by atoms with Gasteiger partial charge in [-0.05, 0) is 48.4 Å². The van der Waals surface area contributed by atoms with E-state index in [1.807, 2.05) is 0 Å². The number of morpholine rings is 1. The van der Waals surface area contributed by atoms with Crippen LogP contribution in [0.4, 0.5) is 0 Å². The summed E-state index contributed by atoms with van der Waals surface area (Å²) in [5.74, 6) is -1.38. The first-order valence-electron chi connectivity index (χ1n) is 11.9. The minimum atomic E-state index is -3.73. The predicted molar refractivity (Wildman–Crippen MR) is 135 cm³/mol. The number of ether oxygens (including phenoxy) is 3. The molecule has 1 unspecified atom stereocenters. The maximum atomic E-state index is 13.1. The predicted octanol–water partition coefficient (Wildman–Crippen LogP) is 2.17. The standard InChI is InChI=1S/C26H30N2O8S/c1-34-14-4-11-28-23(19-5-3-6-20(17-19)35-2)22(25(30)26(28)31)24(29)18-7-9-21(10-8-18)37(32,33)27-12-15-36-16-13-27/h3,5-10,17,23,29H,4,11-16H2,1-2H3/b24-22-. The second-order valence-corrected chi connectivity index (χ2v) is 10.6. The van der Waals surface area contributed by atoms with E-state index >= 15 is 0 Å². The number of sulfonamides is 1. The highest BCUT2D eigenvalue weighted by molar-refractivity contribution is 7.89. The number of aliphatic hydroxyl groups is 1. The molecule has 11 heteroatoms. The van der Waals surface area contributed by atoms with E-state index in [1.165, 1.54) is 40.6 Å². The summed E-state index contributed by atoms with van der Waals surface area (Å²) >= 11 is 0. The summed E-state index contributed by atoms with van der Waals surface area (Å²) in [7, 11) is -0.658. The molecule has 0 aromatic heterocycles. The van der Waals surface area contributed by atoms with Crippen molar-refractivity contribution in [3.63, 3.8) is 0 Å². The van der Waals surface area contributed by atoms with Crippen LogP contribution >= 0.6 is 0 Å². The van der Waals surface area contributed by atoms with Gasteiger partial charge in [0.05, 0.1) is 36.8 Å². The number of nitrogens with zero attached hydrogens (tertiary/aromatic N) is 2. The van der Waals surface area contributed by atoms with Gasteiger partial charge in [-0.25, -0.2) is 8.42 Å². The van der Waals surface area contributed by atoms with Crippen LogP contribution in [0.15, 0.2) is 59.0 Å². The fourth-order valence-corrected chi connectivity index (χ4v) is 5.93. The summed E-state index contributed by atoms with van der Waals surface area (Å²) in [6, 6.07) is 11.8. The van der Waals surface area contributed by atoms with Gasteiger partial charge >= 0.3 is 0 Å². The summed E-state index contributed by atoms with van der Waals surface area (Å²) in [4.78, 5) is 27.6. The van der Waals surface area contributed by atoms with Crippen molar-refractivity contribution in [1.82, 2.24) is 9.21 Å². The Labute approximate surface area is 216 Å². The van der Waals surface area contributed by atoms with Crippen molar-refractivity contribution in [2.75, 3.05) is 53.7 Å². The van der Waals surface area contributed by atoms with E-state index in [0.717, 1.165) is 0 Å². The highest BCUT2D eigenvalue weighted by Gasteiger charge is 2.46. The number of hydrogen-bond donors (Lipinski definition) is 1. The quantitative estimate of drug-likeness (QED) is 0.227. The lowest BCUT2D eigenvalue weighted by molar-refractivity contribution is -0.140. The largest absolute Gasteiger partial charge is 0.507 e. The fourth-order valence-electron chi connectivity index (χ4n) is 4.52. The van der Waals surface area contributed by atoms with Crippen LogP contribution in [0.25, 0.3) is 5.76 Å². The Bertz CT molecular complexity index is 1280. The molecule has 1 atom stereocenters. The third-order valence-electron chi connectivity index (χ3n) is 6.43. The van der Waals surface area contributed by atoms with Crippen LogP contribution in [0, 0.1) is 0 Å². The van der Waals surface area contributed by atoms with E-state index in [2.05, 4.69) is 0 Å². The zero-order valence-electron chi connectivity index (χ0n) is 20.8. The molecule has 2 aliphatic rings. The Kier molecular flexibility index (Phi) is 8.28. The van der Waals surface area contributed by atoms with Crippen LogP contribution in [0.5, 0.6) is 5.75 Å². The van der Waals surface area contributed by atoms with Crippen molar-refractivity contribution in [2.45, 2.75) is 17.4 Å². The molecule has 0 bridgehead atoms. The Morgan fingerprint density at radius 1 is 1.08 bits per heavy atom. The molecule has 0 spiro atoms. The normalized spacial score (nSPS) is 20.4. The molecule has 2 aliphatic heterocycles. The fraction of sp³-hybridized carbons (Fsp3) is 0.385. The molecule has 4 rings (SSSR count). The van der Waals surface area contributed by atoms with Gasteiger partial charge < -0.3 is 24.2 Å². The lowest BCUT2D eigenvalue weighted by Crippen LogP contribution is -2.40. The Hall–Kier alpha value is -3.25. The molecular weight excluding hydrogens is 500 g/mol. The average molecular weight is 531 g/mol. The first kappa shape index (κ1) is 26.8. The van der Waals surface area contributed by atoms with Gasteiger partial charge in [0.1, 0.15) is 11.5 Å². The van der Waals surface area contributed by atoms with Crippen LogP contribution in [0.1, 0.15) is 23.6 Å². The van der Waals surface area contributed by atoms with Gasteiger partial charge in [0.25, 0.3) is 11.7 Å². The highest BCUT2D eigenvalue weighted by atomic mass is 32.2. The molecule has 2 saturated heterocycles. The third kappa shape index (κ3) is 5.40. The molecule has 0 saturated carbocycles. The van der Waals surface area contributed by atoms with Crippen LogP contribution in [-0.2, 0) is 29.1 Å². The molecule has 2 fully saturated rings. The van der Waals surface area contributed by atoms with Gasteiger partial charge in [-0.2, -0.15) is 4.31 Å². The van der Waals surface area contributed by atoms with Crippen LogP contribution in [-0.4, -0.2) is 88.1 Å². The van der Waals surface area contributed by atoms with Gasteiger partial charge in [0.15, 0.2) is 0 Å². The van der Waals surface area contributed by atoms with Gasteiger partial charge in [-0.15, -0.1) is 0 Å². The molecule has 0 radical (unpaired) electrons. The number of benzene rings is 2. The second-order valence-electron chi connectivity index (χ2n) is 8.66. The lowest BCUT2D eigenvalue weighted by Gasteiger charge is -2.26. The van der Waals surface area contributed by atoms with Crippen molar-refractivity contribution in [1.29, 1.82) is 0 Å². The zero-order chi connectivity index (χ0) is 26.6. The number of carbonyl (C=O) groups is 2. The Balaban J connectivity index is 1.73. The van der Waals surface area contributed by atoms with E-state index in [1.54, 1.807) is 31.4 Å². The molecule has 0 aliphatic carbocycles. The molecule has 1 N–H and O–H groups in total. The minimum Gasteiger partial charge on any atom is -0.507 e. The van der Waals surface area contributed by atoms with Gasteiger partial charge in [-0.3, -0.25) is 9.59 Å². The van der Waals surface area contributed by atoms with Crippen molar-refractivity contribution in [3.05, 3.63) is 65.2 Å². The second kappa shape index (κ2) is 11.4. The van der Waals surface area contributed by atoms with E-state index < -0.39 is 27.8 Å². The maximum Gasteiger partial charge on any atom is 0.295 e. The minimum absolute atomic E-state index is 0.0651. The number of carbonyl (C=O) groups excluding carboxylic acids is 2. The Morgan fingerprint density at radius 2 is 1.78 bits per heavy atom.